The standard InChI is InChI=1S/C23H29NO5/c1-6-23(7-2,17-10-13-19(28-4)20(14-17)29-5)22(27)24-18-11-8-16(9-12-18)15(3)21(25)26/h8-15H,6-7H2,1-5H3,(H,24,27)(H,25,26). The lowest BCUT2D eigenvalue weighted by Gasteiger charge is -2.31. The van der Waals surface area contributed by atoms with E-state index in [0.29, 0.717) is 35.6 Å². The Morgan fingerprint density at radius 1 is 1.00 bits per heavy atom. The molecular weight excluding hydrogens is 370 g/mol. The van der Waals surface area contributed by atoms with E-state index in [1.807, 2.05) is 32.0 Å². The van der Waals surface area contributed by atoms with E-state index in [9.17, 15) is 9.59 Å². The molecular formula is C23H29NO5. The third kappa shape index (κ3) is 4.53. The lowest BCUT2D eigenvalue weighted by molar-refractivity contribution is -0.138. The SMILES string of the molecule is CCC(CC)(C(=O)Nc1ccc(C(C)C(=O)O)cc1)c1ccc(OC)c(OC)c1. The summed E-state index contributed by atoms with van der Waals surface area (Å²) in [5, 5.41) is 12.1. The number of anilines is 1. The number of carboxylic acids is 1. The lowest BCUT2D eigenvalue weighted by atomic mass is 9.74. The van der Waals surface area contributed by atoms with Crippen LogP contribution in [-0.2, 0) is 15.0 Å². The zero-order valence-corrected chi connectivity index (χ0v) is 17.6. The van der Waals surface area contributed by atoms with E-state index in [2.05, 4.69) is 5.32 Å². The highest BCUT2D eigenvalue weighted by molar-refractivity contribution is 5.99. The molecule has 0 radical (unpaired) electrons. The monoisotopic (exact) mass is 399 g/mol. The number of nitrogens with one attached hydrogen (secondary N) is 1. The van der Waals surface area contributed by atoms with Gasteiger partial charge in [0.25, 0.3) is 0 Å². The Labute approximate surface area is 171 Å². The van der Waals surface area contributed by atoms with Gasteiger partial charge in [-0.2, -0.15) is 0 Å². The van der Waals surface area contributed by atoms with Crippen LogP contribution in [0.15, 0.2) is 42.5 Å². The number of carbonyl (C=O) groups is 2. The number of benzene rings is 2. The summed E-state index contributed by atoms with van der Waals surface area (Å²) < 4.78 is 10.7. The average molecular weight is 399 g/mol. The van der Waals surface area contributed by atoms with Crippen molar-refractivity contribution < 1.29 is 24.2 Å². The molecule has 6 heteroatoms. The molecule has 0 fully saturated rings. The third-order valence-electron chi connectivity index (χ3n) is 5.62. The van der Waals surface area contributed by atoms with Crippen LogP contribution in [0.1, 0.15) is 50.7 Å². The summed E-state index contributed by atoms with van der Waals surface area (Å²) in [5.74, 6) is -0.408. The molecule has 0 aliphatic heterocycles. The summed E-state index contributed by atoms with van der Waals surface area (Å²) in [7, 11) is 3.15. The van der Waals surface area contributed by atoms with Crippen molar-refractivity contribution in [1.29, 1.82) is 0 Å². The van der Waals surface area contributed by atoms with Crippen LogP contribution in [-0.4, -0.2) is 31.2 Å². The zero-order valence-electron chi connectivity index (χ0n) is 17.6. The number of ether oxygens (including phenoxy) is 2. The highest BCUT2D eigenvalue weighted by Crippen LogP contribution is 2.38. The second-order valence-electron chi connectivity index (χ2n) is 7.00. The van der Waals surface area contributed by atoms with Crippen molar-refractivity contribution in [2.45, 2.75) is 44.9 Å². The van der Waals surface area contributed by atoms with Gasteiger partial charge in [-0.3, -0.25) is 9.59 Å². The summed E-state index contributed by atoms with van der Waals surface area (Å²) in [6.45, 7) is 5.60. The maximum Gasteiger partial charge on any atom is 0.310 e. The largest absolute Gasteiger partial charge is 0.493 e. The number of carbonyl (C=O) groups excluding carboxylic acids is 1. The Kier molecular flexibility index (Phi) is 7.26. The molecule has 2 rings (SSSR count). The fourth-order valence-electron chi connectivity index (χ4n) is 3.49. The second kappa shape index (κ2) is 9.45. The van der Waals surface area contributed by atoms with Crippen molar-refractivity contribution in [1.82, 2.24) is 0 Å². The molecule has 156 valence electrons. The molecule has 0 saturated heterocycles. The highest BCUT2D eigenvalue weighted by Gasteiger charge is 2.37. The number of amides is 1. The van der Waals surface area contributed by atoms with E-state index in [0.717, 1.165) is 5.56 Å². The van der Waals surface area contributed by atoms with Gasteiger partial charge in [0, 0.05) is 5.69 Å². The third-order valence-corrected chi connectivity index (χ3v) is 5.62. The zero-order chi connectivity index (χ0) is 21.6. The molecule has 0 saturated carbocycles. The van der Waals surface area contributed by atoms with Gasteiger partial charge >= 0.3 is 5.97 Å². The molecule has 0 spiro atoms. The first-order chi connectivity index (χ1) is 13.8. The number of hydrogen-bond donors (Lipinski definition) is 2. The topological polar surface area (TPSA) is 84.9 Å². The normalized spacial score (nSPS) is 12.2. The smallest absolute Gasteiger partial charge is 0.310 e. The number of aliphatic carboxylic acids is 1. The van der Waals surface area contributed by atoms with Crippen molar-refractivity contribution in [2.24, 2.45) is 0 Å². The van der Waals surface area contributed by atoms with E-state index >= 15 is 0 Å². The van der Waals surface area contributed by atoms with Gasteiger partial charge in [-0.25, -0.2) is 0 Å². The summed E-state index contributed by atoms with van der Waals surface area (Å²) in [5.41, 5.74) is 1.44. The minimum atomic E-state index is -0.883. The lowest BCUT2D eigenvalue weighted by Crippen LogP contribution is -2.39. The summed E-state index contributed by atoms with van der Waals surface area (Å²) in [4.78, 5) is 24.4. The predicted octanol–water partition coefficient (Wildman–Crippen LogP) is 4.59. The van der Waals surface area contributed by atoms with Gasteiger partial charge in [0.05, 0.1) is 25.6 Å². The fourth-order valence-corrected chi connectivity index (χ4v) is 3.49. The van der Waals surface area contributed by atoms with Gasteiger partial charge in [0.15, 0.2) is 11.5 Å². The molecule has 0 aromatic heterocycles. The fraction of sp³-hybridized carbons (Fsp3) is 0.391. The van der Waals surface area contributed by atoms with Gasteiger partial charge < -0.3 is 19.9 Å². The van der Waals surface area contributed by atoms with Gasteiger partial charge in [0.1, 0.15) is 0 Å². The molecule has 2 aromatic carbocycles. The number of carboxylic acid groups (broad SMARTS) is 1. The maximum atomic E-state index is 13.3. The highest BCUT2D eigenvalue weighted by atomic mass is 16.5. The molecule has 0 aliphatic rings. The number of rotatable bonds is 9. The Morgan fingerprint density at radius 2 is 1.59 bits per heavy atom. The number of hydrogen-bond acceptors (Lipinski definition) is 4. The Hall–Kier alpha value is -3.02. The van der Waals surface area contributed by atoms with E-state index < -0.39 is 17.3 Å². The van der Waals surface area contributed by atoms with Crippen LogP contribution in [0.4, 0.5) is 5.69 Å². The second-order valence-corrected chi connectivity index (χ2v) is 7.00. The molecule has 1 atom stereocenters. The molecule has 1 amide bonds. The van der Waals surface area contributed by atoms with Gasteiger partial charge in [-0.15, -0.1) is 0 Å². The molecule has 0 aliphatic carbocycles. The van der Waals surface area contributed by atoms with Crippen molar-refractivity contribution in [3.8, 4) is 11.5 Å². The van der Waals surface area contributed by atoms with Gasteiger partial charge in [-0.1, -0.05) is 32.0 Å². The van der Waals surface area contributed by atoms with Crippen LogP contribution >= 0.6 is 0 Å². The summed E-state index contributed by atoms with van der Waals surface area (Å²) in [6, 6.07) is 12.5. The van der Waals surface area contributed by atoms with E-state index in [1.54, 1.807) is 45.4 Å². The van der Waals surface area contributed by atoms with Gasteiger partial charge in [0.2, 0.25) is 5.91 Å². The van der Waals surface area contributed by atoms with Crippen molar-refractivity contribution in [2.75, 3.05) is 19.5 Å². The minimum absolute atomic E-state index is 0.117. The average Bonchev–Trinajstić information content (AvgIpc) is 2.74. The van der Waals surface area contributed by atoms with Crippen LogP contribution in [0.2, 0.25) is 0 Å². The van der Waals surface area contributed by atoms with Crippen LogP contribution in [0.5, 0.6) is 11.5 Å². The Bertz CT molecular complexity index is 856. The van der Waals surface area contributed by atoms with Gasteiger partial charge in [-0.05, 0) is 55.2 Å². The van der Waals surface area contributed by atoms with Crippen molar-refractivity contribution in [3.63, 3.8) is 0 Å². The summed E-state index contributed by atoms with van der Waals surface area (Å²) >= 11 is 0. The van der Waals surface area contributed by atoms with E-state index in [1.165, 1.54) is 0 Å². The molecule has 6 nitrogen and oxygen atoms in total. The molecule has 29 heavy (non-hydrogen) atoms. The van der Waals surface area contributed by atoms with Crippen molar-refractivity contribution in [3.05, 3.63) is 53.6 Å². The van der Waals surface area contributed by atoms with E-state index in [-0.39, 0.29) is 5.91 Å². The Morgan fingerprint density at radius 3 is 2.07 bits per heavy atom. The number of methoxy groups -OCH3 is 2. The van der Waals surface area contributed by atoms with Crippen LogP contribution in [0, 0.1) is 0 Å². The molecule has 2 N–H and O–H groups in total. The minimum Gasteiger partial charge on any atom is -0.493 e. The molecule has 1 unspecified atom stereocenters. The molecule has 0 bridgehead atoms. The molecule has 0 heterocycles. The van der Waals surface area contributed by atoms with Crippen molar-refractivity contribution >= 4 is 17.6 Å². The maximum absolute atomic E-state index is 13.3. The quantitative estimate of drug-likeness (QED) is 0.644. The Balaban J connectivity index is 2.33. The van der Waals surface area contributed by atoms with Crippen LogP contribution in [0.3, 0.4) is 0 Å². The first kappa shape index (κ1) is 22.3. The first-order valence-electron chi connectivity index (χ1n) is 9.69. The molecule has 2 aromatic rings. The van der Waals surface area contributed by atoms with E-state index in [4.69, 9.17) is 14.6 Å². The first-order valence-corrected chi connectivity index (χ1v) is 9.69. The summed E-state index contributed by atoms with van der Waals surface area (Å²) in [6.07, 6.45) is 1.22. The van der Waals surface area contributed by atoms with Crippen LogP contribution in [0.25, 0.3) is 0 Å². The van der Waals surface area contributed by atoms with Crippen LogP contribution < -0.4 is 14.8 Å². The predicted molar refractivity (Wildman–Crippen MR) is 113 cm³/mol.